The van der Waals surface area contributed by atoms with Gasteiger partial charge in [-0.1, -0.05) is 6.92 Å². The highest BCUT2D eigenvalue weighted by Crippen LogP contribution is 2.22. The maximum Gasteiger partial charge on any atom is 0.137 e. The van der Waals surface area contributed by atoms with Crippen molar-refractivity contribution in [2.75, 3.05) is 13.7 Å². The van der Waals surface area contributed by atoms with Crippen LogP contribution in [-0.4, -0.2) is 28.2 Å². The molecule has 0 amide bonds. The molecule has 0 aromatic carbocycles. The Kier molecular flexibility index (Phi) is 3.94. The van der Waals surface area contributed by atoms with Crippen LogP contribution in [0.15, 0.2) is 31.0 Å². The summed E-state index contributed by atoms with van der Waals surface area (Å²) in [5.74, 6) is 0.756. The molecule has 5 nitrogen and oxygen atoms in total. The lowest BCUT2D eigenvalue weighted by molar-refractivity contribution is 0.411. The molecular weight excluding hydrogens is 228 g/mol. The van der Waals surface area contributed by atoms with Crippen LogP contribution in [0.25, 0.3) is 0 Å². The minimum atomic E-state index is 0.0406. The van der Waals surface area contributed by atoms with Gasteiger partial charge in [0.2, 0.25) is 0 Å². The molecule has 0 aliphatic heterocycles. The summed E-state index contributed by atoms with van der Waals surface area (Å²) in [6.45, 7) is 2.93. The van der Waals surface area contributed by atoms with E-state index in [9.17, 15) is 0 Å². The molecule has 0 spiro atoms. The van der Waals surface area contributed by atoms with Gasteiger partial charge in [-0.05, 0) is 18.2 Å². The van der Waals surface area contributed by atoms with Crippen molar-refractivity contribution in [3.05, 3.63) is 42.2 Å². The van der Waals surface area contributed by atoms with Crippen LogP contribution < -0.4 is 10.1 Å². The van der Waals surface area contributed by atoms with Gasteiger partial charge in [-0.25, -0.2) is 4.98 Å². The van der Waals surface area contributed by atoms with Crippen LogP contribution >= 0.6 is 0 Å². The van der Waals surface area contributed by atoms with E-state index in [1.165, 1.54) is 0 Å². The van der Waals surface area contributed by atoms with Gasteiger partial charge in [0.05, 0.1) is 31.4 Å². The van der Waals surface area contributed by atoms with Crippen LogP contribution in [-0.2, 0) is 7.05 Å². The molecule has 0 aliphatic rings. The molecule has 18 heavy (non-hydrogen) atoms. The van der Waals surface area contributed by atoms with E-state index in [4.69, 9.17) is 4.74 Å². The monoisotopic (exact) mass is 246 g/mol. The fourth-order valence-electron chi connectivity index (χ4n) is 1.88. The van der Waals surface area contributed by atoms with Gasteiger partial charge in [0, 0.05) is 19.4 Å². The molecule has 2 aromatic heterocycles. The lowest BCUT2D eigenvalue weighted by Crippen LogP contribution is -2.22. The van der Waals surface area contributed by atoms with Crippen molar-refractivity contribution in [1.29, 1.82) is 0 Å². The third kappa shape index (κ3) is 2.68. The second-order valence-electron chi connectivity index (χ2n) is 4.11. The van der Waals surface area contributed by atoms with E-state index in [-0.39, 0.29) is 6.04 Å². The maximum atomic E-state index is 5.21. The van der Waals surface area contributed by atoms with Gasteiger partial charge in [-0.3, -0.25) is 4.98 Å². The number of pyridine rings is 1. The molecule has 5 heteroatoms. The van der Waals surface area contributed by atoms with E-state index in [2.05, 4.69) is 22.2 Å². The van der Waals surface area contributed by atoms with Crippen LogP contribution in [0.3, 0.4) is 0 Å². The van der Waals surface area contributed by atoms with E-state index in [1.54, 1.807) is 19.6 Å². The highest BCUT2D eigenvalue weighted by molar-refractivity contribution is 5.30. The number of methoxy groups -OCH3 is 1. The predicted molar refractivity (Wildman–Crippen MR) is 69.5 cm³/mol. The molecule has 96 valence electrons. The second kappa shape index (κ2) is 5.64. The molecule has 1 N–H and O–H groups in total. The normalized spacial score (nSPS) is 12.4. The third-order valence-corrected chi connectivity index (χ3v) is 2.73. The Morgan fingerprint density at radius 2 is 2.28 bits per heavy atom. The van der Waals surface area contributed by atoms with Gasteiger partial charge in [0.15, 0.2) is 0 Å². The molecule has 2 aromatic rings. The third-order valence-electron chi connectivity index (χ3n) is 2.73. The van der Waals surface area contributed by atoms with Gasteiger partial charge < -0.3 is 14.6 Å². The van der Waals surface area contributed by atoms with Crippen molar-refractivity contribution < 1.29 is 4.74 Å². The summed E-state index contributed by atoms with van der Waals surface area (Å²) < 4.78 is 7.15. The van der Waals surface area contributed by atoms with Crippen molar-refractivity contribution in [3.8, 4) is 5.75 Å². The van der Waals surface area contributed by atoms with Gasteiger partial charge in [-0.15, -0.1) is 0 Å². The lowest BCUT2D eigenvalue weighted by Gasteiger charge is -2.16. The van der Waals surface area contributed by atoms with Crippen molar-refractivity contribution in [2.45, 2.75) is 13.0 Å². The van der Waals surface area contributed by atoms with Crippen LogP contribution in [0.1, 0.15) is 24.2 Å². The zero-order chi connectivity index (χ0) is 13.0. The smallest absolute Gasteiger partial charge is 0.137 e. The molecule has 1 unspecified atom stereocenters. The quantitative estimate of drug-likeness (QED) is 0.869. The van der Waals surface area contributed by atoms with E-state index in [1.807, 2.05) is 30.1 Å². The first-order valence-corrected chi connectivity index (χ1v) is 5.94. The van der Waals surface area contributed by atoms with Crippen molar-refractivity contribution in [3.63, 3.8) is 0 Å². The van der Waals surface area contributed by atoms with Crippen molar-refractivity contribution in [1.82, 2.24) is 19.9 Å². The van der Waals surface area contributed by atoms with Gasteiger partial charge in [0.25, 0.3) is 0 Å². The largest absolute Gasteiger partial charge is 0.495 e. The summed E-state index contributed by atoms with van der Waals surface area (Å²) in [6, 6.07) is 2.02. The molecule has 2 rings (SSSR count). The molecule has 0 saturated carbocycles. The fraction of sp³-hybridized carbons (Fsp3) is 0.385. The van der Waals surface area contributed by atoms with E-state index in [0.717, 1.165) is 23.6 Å². The number of hydrogen-bond acceptors (Lipinski definition) is 4. The zero-order valence-corrected chi connectivity index (χ0v) is 10.9. The van der Waals surface area contributed by atoms with Crippen LogP contribution in [0.2, 0.25) is 0 Å². The van der Waals surface area contributed by atoms with E-state index >= 15 is 0 Å². The number of hydrogen-bond donors (Lipinski definition) is 1. The fourth-order valence-corrected chi connectivity index (χ4v) is 1.88. The number of imidazole rings is 1. The van der Waals surface area contributed by atoms with Crippen LogP contribution in [0.5, 0.6) is 5.75 Å². The molecule has 1 atom stereocenters. The average molecular weight is 246 g/mol. The number of rotatable bonds is 5. The molecule has 0 radical (unpaired) electrons. The summed E-state index contributed by atoms with van der Waals surface area (Å²) in [5.41, 5.74) is 2.03. The Hall–Kier alpha value is -1.88. The average Bonchev–Trinajstić information content (AvgIpc) is 2.82. The Morgan fingerprint density at radius 1 is 1.44 bits per heavy atom. The number of aromatic nitrogens is 3. The van der Waals surface area contributed by atoms with Crippen LogP contribution in [0, 0.1) is 0 Å². The molecule has 0 fully saturated rings. The second-order valence-corrected chi connectivity index (χ2v) is 4.11. The highest BCUT2D eigenvalue weighted by atomic mass is 16.5. The van der Waals surface area contributed by atoms with Gasteiger partial charge >= 0.3 is 0 Å². The van der Waals surface area contributed by atoms with Crippen molar-refractivity contribution in [2.24, 2.45) is 7.05 Å². The minimum Gasteiger partial charge on any atom is -0.495 e. The molecule has 0 aliphatic carbocycles. The minimum absolute atomic E-state index is 0.0406. The number of aryl methyl sites for hydroxylation is 1. The zero-order valence-electron chi connectivity index (χ0n) is 10.9. The summed E-state index contributed by atoms with van der Waals surface area (Å²) in [7, 11) is 3.60. The highest BCUT2D eigenvalue weighted by Gasteiger charge is 2.16. The lowest BCUT2D eigenvalue weighted by atomic mass is 10.1. The molecule has 2 heterocycles. The standard InChI is InChI=1S/C13H18N4O/c1-4-15-13(12-8-17(2)9-16-12)10-5-11(18-3)7-14-6-10/h5-9,13,15H,4H2,1-3H3. The summed E-state index contributed by atoms with van der Waals surface area (Å²) in [5, 5.41) is 3.41. The predicted octanol–water partition coefficient (Wildman–Crippen LogP) is 1.52. The Morgan fingerprint density at radius 3 is 2.89 bits per heavy atom. The number of nitrogens with zero attached hydrogens (tertiary/aromatic N) is 3. The maximum absolute atomic E-state index is 5.21. The van der Waals surface area contributed by atoms with Crippen molar-refractivity contribution >= 4 is 0 Å². The summed E-state index contributed by atoms with van der Waals surface area (Å²) in [4.78, 5) is 8.59. The Balaban J connectivity index is 2.34. The van der Waals surface area contributed by atoms with Crippen LogP contribution in [0.4, 0.5) is 0 Å². The van der Waals surface area contributed by atoms with E-state index in [0.29, 0.717) is 0 Å². The Bertz CT molecular complexity index is 509. The molecular formula is C13H18N4O. The first-order chi connectivity index (χ1) is 8.74. The Labute approximate surface area is 107 Å². The van der Waals surface area contributed by atoms with Gasteiger partial charge in [0.1, 0.15) is 5.75 Å². The van der Waals surface area contributed by atoms with Gasteiger partial charge in [-0.2, -0.15) is 0 Å². The van der Waals surface area contributed by atoms with E-state index < -0.39 is 0 Å². The molecule has 0 saturated heterocycles. The first-order valence-electron chi connectivity index (χ1n) is 5.94. The summed E-state index contributed by atoms with van der Waals surface area (Å²) in [6.07, 6.45) is 7.34. The SMILES string of the molecule is CCNC(c1cncc(OC)c1)c1cn(C)cn1. The molecule has 0 bridgehead atoms. The number of ether oxygens (including phenoxy) is 1. The first kappa shape index (κ1) is 12.6. The number of nitrogens with one attached hydrogen (secondary N) is 1. The topological polar surface area (TPSA) is 52.0 Å². The summed E-state index contributed by atoms with van der Waals surface area (Å²) >= 11 is 0.